The lowest BCUT2D eigenvalue weighted by molar-refractivity contribution is -0.132. The smallest absolute Gasteiger partial charge is 0.223 e. The molecule has 4 rings (SSSR count). The molecule has 1 aliphatic rings. The lowest BCUT2D eigenvalue weighted by Gasteiger charge is -2.24. The fourth-order valence-electron chi connectivity index (χ4n) is 4.01. The first-order valence-electron chi connectivity index (χ1n) is 11.1. The molecule has 2 aromatic heterocycles. The molecule has 0 bridgehead atoms. The molecule has 1 aliphatic heterocycles. The van der Waals surface area contributed by atoms with Crippen molar-refractivity contribution in [2.45, 2.75) is 64.8 Å². The molecule has 31 heavy (non-hydrogen) atoms. The molecule has 0 spiro atoms. The third kappa shape index (κ3) is 5.19. The standard InChI is InChI=1S/C25H30N4O2/c1-17(2)25-28-27-23(31-25)12-13-24(30)29-14-4-5-22(29)21-11-10-20(16-26-21)15-19-8-6-18(3)7-9-19/h6-11,16-17,22H,4-5,12-15H2,1-3H3/t22-/m0/s1. The van der Waals surface area contributed by atoms with Crippen molar-refractivity contribution < 1.29 is 9.21 Å². The molecule has 3 heterocycles. The van der Waals surface area contributed by atoms with E-state index in [1.54, 1.807) is 0 Å². The Morgan fingerprint density at radius 2 is 1.90 bits per heavy atom. The van der Waals surface area contributed by atoms with E-state index in [9.17, 15) is 4.79 Å². The molecular formula is C25H30N4O2. The Labute approximate surface area is 183 Å². The number of hydrogen-bond donors (Lipinski definition) is 0. The van der Waals surface area contributed by atoms with Gasteiger partial charge in [0.05, 0.1) is 11.7 Å². The lowest BCUT2D eigenvalue weighted by atomic mass is 10.0. The largest absolute Gasteiger partial charge is 0.425 e. The highest BCUT2D eigenvalue weighted by Crippen LogP contribution is 2.31. The fourth-order valence-corrected chi connectivity index (χ4v) is 4.01. The molecule has 1 saturated heterocycles. The zero-order valence-corrected chi connectivity index (χ0v) is 18.5. The second-order valence-electron chi connectivity index (χ2n) is 8.69. The molecule has 1 atom stereocenters. The number of carbonyl (C=O) groups excluding carboxylic acids is 1. The highest BCUT2D eigenvalue weighted by molar-refractivity contribution is 5.77. The monoisotopic (exact) mass is 418 g/mol. The predicted octanol–water partition coefficient (Wildman–Crippen LogP) is 4.78. The van der Waals surface area contributed by atoms with Gasteiger partial charge >= 0.3 is 0 Å². The fraction of sp³-hybridized carbons (Fsp3) is 0.440. The highest BCUT2D eigenvalue weighted by Gasteiger charge is 2.30. The summed E-state index contributed by atoms with van der Waals surface area (Å²) in [5.74, 6) is 1.47. The number of pyridine rings is 1. The van der Waals surface area contributed by atoms with Gasteiger partial charge in [0.2, 0.25) is 17.7 Å². The second kappa shape index (κ2) is 9.41. The van der Waals surface area contributed by atoms with Crippen molar-refractivity contribution in [3.63, 3.8) is 0 Å². The Morgan fingerprint density at radius 1 is 1.13 bits per heavy atom. The number of likely N-dealkylation sites (tertiary alicyclic amines) is 1. The highest BCUT2D eigenvalue weighted by atomic mass is 16.4. The van der Waals surface area contributed by atoms with Crippen LogP contribution in [0.5, 0.6) is 0 Å². The Bertz CT molecular complexity index is 1010. The van der Waals surface area contributed by atoms with Crippen molar-refractivity contribution in [3.05, 3.63) is 76.8 Å². The van der Waals surface area contributed by atoms with Crippen molar-refractivity contribution in [1.82, 2.24) is 20.1 Å². The average molecular weight is 419 g/mol. The van der Waals surface area contributed by atoms with Gasteiger partial charge in [0, 0.05) is 31.5 Å². The molecule has 0 unspecified atom stereocenters. The van der Waals surface area contributed by atoms with Gasteiger partial charge in [-0.25, -0.2) is 0 Å². The summed E-state index contributed by atoms with van der Waals surface area (Å²) >= 11 is 0. The number of aromatic nitrogens is 3. The topological polar surface area (TPSA) is 72.1 Å². The summed E-state index contributed by atoms with van der Waals surface area (Å²) in [6.45, 7) is 6.89. The van der Waals surface area contributed by atoms with Gasteiger partial charge in [0.25, 0.3) is 0 Å². The average Bonchev–Trinajstić information content (AvgIpc) is 3.44. The van der Waals surface area contributed by atoms with Gasteiger partial charge in [-0.1, -0.05) is 49.7 Å². The van der Waals surface area contributed by atoms with Crippen LogP contribution in [0.2, 0.25) is 0 Å². The lowest BCUT2D eigenvalue weighted by Crippen LogP contribution is -2.31. The molecule has 1 fully saturated rings. The van der Waals surface area contributed by atoms with Gasteiger partial charge in [-0.3, -0.25) is 9.78 Å². The third-order valence-corrected chi connectivity index (χ3v) is 5.82. The minimum absolute atomic E-state index is 0.0508. The number of rotatable bonds is 7. The van der Waals surface area contributed by atoms with E-state index in [1.807, 2.05) is 24.9 Å². The van der Waals surface area contributed by atoms with Crippen molar-refractivity contribution in [3.8, 4) is 0 Å². The summed E-state index contributed by atoms with van der Waals surface area (Å²) in [5.41, 5.74) is 4.70. The zero-order valence-electron chi connectivity index (χ0n) is 18.5. The quantitative estimate of drug-likeness (QED) is 0.552. The number of nitrogens with zero attached hydrogens (tertiary/aromatic N) is 4. The first-order valence-corrected chi connectivity index (χ1v) is 11.1. The summed E-state index contributed by atoms with van der Waals surface area (Å²) in [5, 5.41) is 8.11. The molecule has 0 saturated carbocycles. The number of aryl methyl sites for hydroxylation is 2. The van der Waals surface area contributed by atoms with Crippen LogP contribution in [0.15, 0.2) is 47.0 Å². The van der Waals surface area contributed by atoms with Crippen LogP contribution in [0.1, 0.15) is 79.2 Å². The molecule has 1 amide bonds. The van der Waals surface area contributed by atoms with Crippen molar-refractivity contribution in [1.29, 1.82) is 0 Å². The van der Waals surface area contributed by atoms with Gasteiger partial charge in [0.15, 0.2) is 0 Å². The van der Waals surface area contributed by atoms with Crippen LogP contribution in [0, 0.1) is 6.92 Å². The minimum Gasteiger partial charge on any atom is -0.425 e. The normalized spacial score (nSPS) is 16.3. The minimum atomic E-state index is 0.0508. The molecule has 0 aliphatic carbocycles. The molecule has 162 valence electrons. The Balaban J connectivity index is 1.36. The molecule has 1 aromatic carbocycles. The van der Waals surface area contributed by atoms with E-state index in [0.717, 1.165) is 31.5 Å². The number of carbonyl (C=O) groups is 1. The maximum atomic E-state index is 12.9. The van der Waals surface area contributed by atoms with Crippen LogP contribution in [0.25, 0.3) is 0 Å². The Hall–Kier alpha value is -3.02. The van der Waals surface area contributed by atoms with Crippen LogP contribution in [0.4, 0.5) is 0 Å². The molecule has 0 radical (unpaired) electrons. The van der Waals surface area contributed by atoms with E-state index < -0.39 is 0 Å². The maximum Gasteiger partial charge on any atom is 0.223 e. The van der Waals surface area contributed by atoms with E-state index in [4.69, 9.17) is 9.40 Å². The third-order valence-electron chi connectivity index (χ3n) is 5.82. The first kappa shape index (κ1) is 21.2. The number of benzene rings is 1. The van der Waals surface area contributed by atoms with E-state index in [0.29, 0.717) is 24.6 Å². The SMILES string of the molecule is Cc1ccc(Cc2ccc([C@@H]3CCCN3C(=O)CCc3nnc(C(C)C)o3)nc2)cc1. The van der Waals surface area contributed by atoms with E-state index in [2.05, 4.69) is 53.5 Å². The predicted molar refractivity (Wildman–Crippen MR) is 119 cm³/mol. The maximum absolute atomic E-state index is 12.9. The van der Waals surface area contributed by atoms with E-state index >= 15 is 0 Å². The summed E-state index contributed by atoms with van der Waals surface area (Å²) in [4.78, 5) is 19.6. The van der Waals surface area contributed by atoms with Crippen LogP contribution < -0.4 is 0 Å². The second-order valence-corrected chi connectivity index (χ2v) is 8.69. The molecular weight excluding hydrogens is 388 g/mol. The summed E-state index contributed by atoms with van der Waals surface area (Å²) in [6.07, 6.45) is 5.62. The van der Waals surface area contributed by atoms with Crippen LogP contribution in [-0.4, -0.2) is 32.5 Å². The zero-order chi connectivity index (χ0) is 21.8. The number of hydrogen-bond acceptors (Lipinski definition) is 5. The van der Waals surface area contributed by atoms with Crippen molar-refractivity contribution in [2.24, 2.45) is 0 Å². The summed E-state index contributed by atoms with van der Waals surface area (Å²) in [7, 11) is 0. The van der Waals surface area contributed by atoms with E-state index in [1.165, 1.54) is 16.7 Å². The van der Waals surface area contributed by atoms with Gasteiger partial charge in [-0.2, -0.15) is 0 Å². The van der Waals surface area contributed by atoms with Crippen LogP contribution in [0.3, 0.4) is 0 Å². The van der Waals surface area contributed by atoms with Gasteiger partial charge in [-0.15, -0.1) is 10.2 Å². The van der Waals surface area contributed by atoms with Crippen molar-refractivity contribution >= 4 is 5.91 Å². The van der Waals surface area contributed by atoms with E-state index in [-0.39, 0.29) is 17.9 Å². The summed E-state index contributed by atoms with van der Waals surface area (Å²) < 4.78 is 5.63. The molecule has 0 N–H and O–H groups in total. The van der Waals surface area contributed by atoms with Crippen LogP contribution >= 0.6 is 0 Å². The van der Waals surface area contributed by atoms with Gasteiger partial charge in [-0.05, 0) is 43.4 Å². The Morgan fingerprint density at radius 3 is 2.58 bits per heavy atom. The molecule has 6 nitrogen and oxygen atoms in total. The molecule has 6 heteroatoms. The van der Waals surface area contributed by atoms with Gasteiger partial charge in [0.1, 0.15) is 0 Å². The van der Waals surface area contributed by atoms with Gasteiger partial charge < -0.3 is 9.32 Å². The Kier molecular flexibility index (Phi) is 6.44. The summed E-state index contributed by atoms with van der Waals surface area (Å²) in [6, 6.07) is 12.9. The van der Waals surface area contributed by atoms with Crippen LogP contribution in [-0.2, 0) is 17.6 Å². The molecule has 3 aromatic rings. The first-order chi connectivity index (χ1) is 15.0. The van der Waals surface area contributed by atoms with Crippen molar-refractivity contribution in [2.75, 3.05) is 6.54 Å². The number of amides is 1.